The molecule has 1 fully saturated rings. The van der Waals surface area contributed by atoms with Gasteiger partial charge < -0.3 is 10.1 Å². The van der Waals surface area contributed by atoms with Crippen LogP contribution in [0.2, 0.25) is 0 Å². The fraction of sp³-hybridized carbons (Fsp3) is 0.688. The molecular weight excluding hydrogens is 250 g/mol. The summed E-state index contributed by atoms with van der Waals surface area (Å²) in [6, 6.07) is 4.63. The fourth-order valence-corrected chi connectivity index (χ4v) is 2.98. The average molecular weight is 277 g/mol. The Bertz CT molecular complexity index is 431. The molecule has 1 aliphatic heterocycles. The molecule has 1 saturated heterocycles. The number of nitrogens with one attached hydrogen (secondary N) is 1. The molecule has 2 rings (SSSR count). The Morgan fingerprint density at radius 3 is 2.85 bits per heavy atom. The van der Waals surface area contributed by atoms with E-state index in [0.29, 0.717) is 6.04 Å². The van der Waals surface area contributed by atoms with Crippen molar-refractivity contribution < 1.29 is 4.74 Å². The monoisotopic (exact) mass is 277 g/mol. The summed E-state index contributed by atoms with van der Waals surface area (Å²) in [4.78, 5) is 6.84. The molecule has 0 spiro atoms. The van der Waals surface area contributed by atoms with Crippen molar-refractivity contribution in [3.8, 4) is 5.88 Å². The summed E-state index contributed by atoms with van der Waals surface area (Å²) in [6.07, 6.45) is 4.11. The first-order valence-electron chi connectivity index (χ1n) is 7.61. The van der Waals surface area contributed by atoms with Gasteiger partial charge in [-0.3, -0.25) is 4.90 Å². The van der Waals surface area contributed by atoms with Crippen LogP contribution in [0.1, 0.15) is 39.2 Å². The number of piperazine rings is 1. The van der Waals surface area contributed by atoms with Gasteiger partial charge in [-0.2, -0.15) is 0 Å². The third-order valence-corrected chi connectivity index (χ3v) is 4.67. The smallest absolute Gasteiger partial charge is 0.217 e. The summed E-state index contributed by atoms with van der Waals surface area (Å²) in [5, 5.41) is 3.74. The Morgan fingerprint density at radius 1 is 1.45 bits per heavy atom. The minimum Gasteiger partial charge on any atom is -0.481 e. The summed E-state index contributed by atoms with van der Waals surface area (Å²) in [5.74, 6) is 0.747. The quantitative estimate of drug-likeness (QED) is 0.897. The number of pyridine rings is 1. The molecular formula is C16H27N3O. The molecule has 0 saturated carbocycles. The van der Waals surface area contributed by atoms with Gasteiger partial charge in [0.15, 0.2) is 0 Å². The lowest BCUT2D eigenvalue weighted by atomic mass is 9.88. The number of ether oxygens (including phenoxy) is 1. The van der Waals surface area contributed by atoms with Crippen molar-refractivity contribution in [3.63, 3.8) is 0 Å². The Kier molecular flexibility index (Phi) is 5.00. The molecule has 0 bridgehead atoms. The Morgan fingerprint density at radius 2 is 2.20 bits per heavy atom. The Hall–Kier alpha value is -1.13. The second-order valence-corrected chi connectivity index (χ2v) is 5.79. The van der Waals surface area contributed by atoms with E-state index >= 15 is 0 Å². The summed E-state index contributed by atoms with van der Waals surface area (Å²) < 4.78 is 5.37. The molecule has 2 heterocycles. The molecule has 0 amide bonds. The van der Waals surface area contributed by atoms with Crippen LogP contribution >= 0.6 is 0 Å². The fourth-order valence-electron chi connectivity index (χ4n) is 2.98. The number of nitrogens with zero attached hydrogens (tertiary/aromatic N) is 2. The standard InChI is InChI=1S/C16H27N3O/c1-5-16(6-2)12-19(13(3)10-18-16)11-14-8-7-9-17-15(14)20-4/h7-9,13,18H,5-6,10-12H2,1-4H3. The second-order valence-electron chi connectivity index (χ2n) is 5.79. The lowest BCUT2D eigenvalue weighted by molar-refractivity contribution is 0.0738. The average Bonchev–Trinajstić information content (AvgIpc) is 2.50. The van der Waals surface area contributed by atoms with Crippen molar-refractivity contribution in [1.29, 1.82) is 0 Å². The lowest BCUT2D eigenvalue weighted by Crippen LogP contribution is -2.62. The summed E-state index contributed by atoms with van der Waals surface area (Å²) in [5.41, 5.74) is 1.42. The van der Waals surface area contributed by atoms with Crippen molar-refractivity contribution in [3.05, 3.63) is 23.9 Å². The van der Waals surface area contributed by atoms with Gasteiger partial charge in [-0.25, -0.2) is 4.98 Å². The highest BCUT2D eigenvalue weighted by molar-refractivity contribution is 5.25. The third-order valence-electron chi connectivity index (χ3n) is 4.67. The molecule has 0 radical (unpaired) electrons. The molecule has 0 aliphatic carbocycles. The van der Waals surface area contributed by atoms with E-state index in [1.165, 1.54) is 5.56 Å². The Labute approximate surface area is 122 Å². The van der Waals surface area contributed by atoms with Gasteiger partial charge in [0.05, 0.1) is 7.11 Å². The van der Waals surface area contributed by atoms with Gasteiger partial charge in [0.1, 0.15) is 0 Å². The maximum atomic E-state index is 5.37. The minimum absolute atomic E-state index is 0.252. The normalized spacial score (nSPS) is 22.7. The molecule has 1 N–H and O–H groups in total. The van der Waals surface area contributed by atoms with Crippen LogP contribution in [-0.2, 0) is 6.54 Å². The number of hydrogen-bond acceptors (Lipinski definition) is 4. The highest BCUT2D eigenvalue weighted by Crippen LogP contribution is 2.25. The van der Waals surface area contributed by atoms with Crippen molar-refractivity contribution in [2.75, 3.05) is 20.2 Å². The first-order chi connectivity index (χ1) is 9.64. The van der Waals surface area contributed by atoms with Gasteiger partial charge >= 0.3 is 0 Å². The predicted octanol–water partition coefficient (Wildman–Crippen LogP) is 2.44. The third kappa shape index (κ3) is 3.13. The van der Waals surface area contributed by atoms with E-state index in [9.17, 15) is 0 Å². The van der Waals surface area contributed by atoms with Gasteiger partial charge in [-0.05, 0) is 25.8 Å². The number of hydrogen-bond donors (Lipinski definition) is 1. The summed E-state index contributed by atoms with van der Waals surface area (Å²) in [7, 11) is 1.69. The molecule has 1 aliphatic rings. The van der Waals surface area contributed by atoms with Crippen molar-refractivity contribution in [2.45, 2.75) is 51.7 Å². The molecule has 1 aromatic rings. The number of methoxy groups -OCH3 is 1. The molecule has 0 aromatic carbocycles. The molecule has 1 atom stereocenters. The highest BCUT2D eigenvalue weighted by atomic mass is 16.5. The predicted molar refractivity (Wildman–Crippen MR) is 82.0 cm³/mol. The molecule has 4 heteroatoms. The molecule has 112 valence electrons. The van der Waals surface area contributed by atoms with Crippen molar-refractivity contribution in [2.24, 2.45) is 0 Å². The SMILES string of the molecule is CCC1(CC)CN(Cc2cccnc2OC)C(C)CN1. The van der Waals surface area contributed by atoms with Gasteiger partial charge in [-0.15, -0.1) is 0 Å². The van der Waals surface area contributed by atoms with E-state index in [1.807, 2.05) is 6.07 Å². The molecule has 1 aromatic heterocycles. The van der Waals surface area contributed by atoms with Crippen LogP contribution in [0.3, 0.4) is 0 Å². The number of rotatable bonds is 5. The van der Waals surface area contributed by atoms with E-state index < -0.39 is 0 Å². The topological polar surface area (TPSA) is 37.4 Å². The van der Waals surface area contributed by atoms with Gasteiger partial charge in [0, 0.05) is 43.0 Å². The van der Waals surface area contributed by atoms with Crippen LogP contribution in [0.4, 0.5) is 0 Å². The minimum atomic E-state index is 0.252. The zero-order chi connectivity index (χ0) is 14.6. The van der Waals surface area contributed by atoms with Crippen LogP contribution in [-0.4, -0.2) is 41.7 Å². The first-order valence-corrected chi connectivity index (χ1v) is 7.61. The maximum absolute atomic E-state index is 5.37. The van der Waals surface area contributed by atoms with Crippen molar-refractivity contribution >= 4 is 0 Å². The van der Waals surface area contributed by atoms with Crippen LogP contribution in [0, 0.1) is 0 Å². The van der Waals surface area contributed by atoms with Crippen LogP contribution in [0.15, 0.2) is 18.3 Å². The highest BCUT2D eigenvalue weighted by Gasteiger charge is 2.35. The number of aromatic nitrogens is 1. The second kappa shape index (κ2) is 6.55. The lowest BCUT2D eigenvalue weighted by Gasteiger charge is -2.46. The van der Waals surface area contributed by atoms with Gasteiger partial charge in [-0.1, -0.05) is 19.9 Å². The van der Waals surface area contributed by atoms with E-state index in [4.69, 9.17) is 4.74 Å². The van der Waals surface area contributed by atoms with E-state index in [0.717, 1.165) is 38.4 Å². The van der Waals surface area contributed by atoms with Gasteiger partial charge in [0.25, 0.3) is 0 Å². The van der Waals surface area contributed by atoms with E-state index in [1.54, 1.807) is 13.3 Å². The van der Waals surface area contributed by atoms with Crippen LogP contribution in [0.25, 0.3) is 0 Å². The zero-order valence-electron chi connectivity index (χ0n) is 13.1. The summed E-state index contributed by atoms with van der Waals surface area (Å²) >= 11 is 0. The largest absolute Gasteiger partial charge is 0.481 e. The Balaban J connectivity index is 2.14. The van der Waals surface area contributed by atoms with Crippen molar-refractivity contribution in [1.82, 2.24) is 15.2 Å². The van der Waals surface area contributed by atoms with Gasteiger partial charge in [0.2, 0.25) is 5.88 Å². The maximum Gasteiger partial charge on any atom is 0.217 e. The summed E-state index contributed by atoms with van der Waals surface area (Å²) in [6.45, 7) is 9.86. The van der Waals surface area contributed by atoms with E-state index in [2.05, 4.69) is 42.0 Å². The van der Waals surface area contributed by atoms with E-state index in [-0.39, 0.29) is 5.54 Å². The van der Waals surface area contributed by atoms with Crippen LogP contribution in [0.5, 0.6) is 5.88 Å². The first kappa shape index (κ1) is 15.3. The molecule has 4 nitrogen and oxygen atoms in total. The molecule has 1 unspecified atom stereocenters. The zero-order valence-corrected chi connectivity index (χ0v) is 13.1. The molecule has 20 heavy (non-hydrogen) atoms. The van der Waals surface area contributed by atoms with Crippen LogP contribution < -0.4 is 10.1 Å².